The molecule has 1 N–H and O–H groups in total. The van der Waals surface area contributed by atoms with Crippen LogP contribution in [0.15, 0.2) is 24.3 Å². The summed E-state index contributed by atoms with van der Waals surface area (Å²) in [6, 6.07) is 7.72. The number of piperazine rings is 1. The minimum atomic E-state index is -0.359. The maximum atomic E-state index is 12.2. The van der Waals surface area contributed by atoms with E-state index in [4.69, 9.17) is 0 Å². The third-order valence-electron chi connectivity index (χ3n) is 3.96. The van der Waals surface area contributed by atoms with Gasteiger partial charge in [-0.3, -0.25) is 9.59 Å². The Morgan fingerprint density at radius 1 is 1.40 bits per heavy atom. The standard InChI is InChI=1S/C16H22N2O2/c1-4-12(3)15-16(20)17-9-14(19)18(15)10-13-7-5-6-11(2)8-13/h5-8,12,15H,4,9-10H2,1-3H3,(H,17,20). The Hall–Kier alpha value is -1.84. The fourth-order valence-corrected chi connectivity index (χ4v) is 2.65. The van der Waals surface area contributed by atoms with E-state index < -0.39 is 0 Å². The average Bonchev–Trinajstić information content (AvgIpc) is 2.42. The van der Waals surface area contributed by atoms with Crippen LogP contribution in [0.4, 0.5) is 0 Å². The molecule has 4 nitrogen and oxygen atoms in total. The Morgan fingerprint density at radius 3 is 2.80 bits per heavy atom. The van der Waals surface area contributed by atoms with Gasteiger partial charge in [0.1, 0.15) is 6.04 Å². The smallest absolute Gasteiger partial charge is 0.243 e. The van der Waals surface area contributed by atoms with Crippen LogP contribution in [0.5, 0.6) is 0 Å². The maximum Gasteiger partial charge on any atom is 0.243 e. The first-order valence-electron chi connectivity index (χ1n) is 7.15. The van der Waals surface area contributed by atoms with E-state index in [0.29, 0.717) is 6.54 Å². The lowest BCUT2D eigenvalue weighted by atomic mass is 9.94. The molecule has 0 spiro atoms. The second-order valence-corrected chi connectivity index (χ2v) is 5.56. The van der Waals surface area contributed by atoms with Crippen LogP contribution in [0.25, 0.3) is 0 Å². The predicted octanol–water partition coefficient (Wildman–Crippen LogP) is 1.87. The Morgan fingerprint density at radius 2 is 2.15 bits per heavy atom. The molecule has 1 aromatic carbocycles. The van der Waals surface area contributed by atoms with E-state index in [1.807, 2.05) is 39.0 Å². The van der Waals surface area contributed by atoms with Crippen LogP contribution in [-0.4, -0.2) is 29.3 Å². The summed E-state index contributed by atoms with van der Waals surface area (Å²) in [7, 11) is 0. The molecule has 1 heterocycles. The van der Waals surface area contributed by atoms with E-state index in [-0.39, 0.29) is 30.3 Å². The summed E-state index contributed by atoms with van der Waals surface area (Å²) in [5.41, 5.74) is 2.23. The molecular weight excluding hydrogens is 252 g/mol. The number of amides is 2. The van der Waals surface area contributed by atoms with Gasteiger partial charge in [-0.05, 0) is 18.4 Å². The Bertz CT molecular complexity index is 513. The number of carbonyl (C=O) groups excluding carboxylic acids is 2. The molecule has 2 unspecified atom stereocenters. The Labute approximate surface area is 120 Å². The highest BCUT2D eigenvalue weighted by atomic mass is 16.2. The van der Waals surface area contributed by atoms with Gasteiger partial charge in [-0.15, -0.1) is 0 Å². The molecule has 2 rings (SSSR count). The van der Waals surface area contributed by atoms with Crippen LogP contribution < -0.4 is 5.32 Å². The number of carbonyl (C=O) groups is 2. The predicted molar refractivity (Wildman–Crippen MR) is 78.0 cm³/mol. The van der Waals surface area contributed by atoms with Gasteiger partial charge in [-0.1, -0.05) is 50.1 Å². The van der Waals surface area contributed by atoms with Crippen LogP contribution in [-0.2, 0) is 16.1 Å². The van der Waals surface area contributed by atoms with E-state index in [1.165, 1.54) is 0 Å². The van der Waals surface area contributed by atoms with Crippen molar-refractivity contribution in [1.82, 2.24) is 10.2 Å². The van der Waals surface area contributed by atoms with Crippen molar-refractivity contribution < 1.29 is 9.59 Å². The molecule has 0 saturated carbocycles. The zero-order chi connectivity index (χ0) is 14.7. The summed E-state index contributed by atoms with van der Waals surface area (Å²) < 4.78 is 0. The third kappa shape index (κ3) is 3.00. The minimum Gasteiger partial charge on any atom is -0.345 e. The maximum absolute atomic E-state index is 12.2. The molecule has 0 aromatic heterocycles. The van der Waals surface area contributed by atoms with Gasteiger partial charge in [0.15, 0.2) is 0 Å². The lowest BCUT2D eigenvalue weighted by molar-refractivity contribution is -0.148. The van der Waals surface area contributed by atoms with E-state index in [1.54, 1.807) is 4.90 Å². The zero-order valence-corrected chi connectivity index (χ0v) is 12.3. The van der Waals surface area contributed by atoms with Crippen molar-refractivity contribution in [1.29, 1.82) is 0 Å². The van der Waals surface area contributed by atoms with Crippen LogP contribution in [0.3, 0.4) is 0 Å². The molecule has 20 heavy (non-hydrogen) atoms. The fraction of sp³-hybridized carbons (Fsp3) is 0.500. The molecule has 1 aromatic rings. The Kier molecular flexibility index (Phi) is 4.42. The van der Waals surface area contributed by atoms with Gasteiger partial charge in [0.2, 0.25) is 11.8 Å². The van der Waals surface area contributed by atoms with Gasteiger partial charge < -0.3 is 10.2 Å². The number of nitrogens with one attached hydrogen (secondary N) is 1. The van der Waals surface area contributed by atoms with Crippen molar-refractivity contribution in [2.75, 3.05) is 6.54 Å². The number of nitrogens with zero attached hydrogens (tertiary/aromatic N) is 1. The highest BCUT2D eigenvalue weighted by molar-refractivity contribution is 5.95. The fourth-order valence-electron chi connectivity index (χ4n) is 2.65. The highest BCUT2D eigenvalue weighted by Crippen LogP contribution is 2.21. The number of benzene rings is 1. The number of hydrogen-bond donors (Lipinski definition) is 1. The van der Waals surface area contributed by atoms with Gasteiger partial charge in [-0.2, -0.15) is 0 Å². The second kappa shape index (κ2) is 6.07. The molecule has 2 atom stereocenters. The van der Waals surface area contributed by atoms with Crippen LogP contribution in [0.1, 0.15) is 31.4 Å². The van der Waals surface area contributed by atoms with Crippen LogP contribution in [0.2, 0.25) is 0 Å². The van der Waals surface area contributed by atoms with Gasteiger partial charge >= 0.3 is 0 Å². The number of rotatable bonds is 4. The van der Waals surface area contributed by atoms with Crippen molar-refractivity contribution in [2.45, 2.75) is 39.8 Å². The molecule has 1 fully saturated rings. The van der Waals surface area contributed by atoms with Crippen molar-refractivity contribution >= 4 is 11.8 Å². The van der Waals surface area contributed by atoms with Gasteiger partial charge in [0.25, 0.3) is 0 Å². The summed E-state index contributed by atoms with van der Waals surface area (Å²) in [5, 5.41) is 2.69. The molecular formula is C16H22N2O2. The molecule has 4 heteroatoms. The van der Waals surface area contributed by atoms with Gasteiger partial charge in [0, 0.05) is 6.54 Å². The second-order valence-electron chi connectivity index (χ2n) is 5.56. The first-order valence-corrected chi connectivity index (χ1v) is 7.15. The molecule has 0 radical (unpaired) electrons. The third-order valence-corrected chi connectivity index (χ3v) is 3.96. The minimum absolute atomic E-state index is 0.00333. The SMILES string of the molecule is CCC(C)C1C(=O)NCC(=O)N1Cc1cccc(C)c1. The highest BCUT2D eigenvalue weighted by Gasteiger charge is 2.37. The number of hydrogen-bond acceptors (Lipinski definition) is 2. The molecule has 1 aliphatic heterocycles. The van der Waals surface area contributed by atoms with Crippen molar-refractivity contribution in [2.24, 2.45) is 5.92 Å². The van der Waals surface area contributed by atoms with E-state index in [2.05, 4.69) is 11.4 Å². The monoisotopic (exact) mass is 274 g/mol. The number of aryl methyl sites for hydroxylation is 1. The van der Waals surface area contributed by atoms with Crippen molar-refractivity contribution in [3.63, 3.8) is 0 Å². The molecule has 0 aliphatic carbocycles. The van der Waals surface area contributed by atoms with E-state index >= 15 is 0 Å². The topological polar surface area (TPSA) is 49.4 Å². The lowest BCUT2D eigenvalue weighted by Gasteiger charge is -2.38. The normalized spacial score (nSPS) is 20.8. The average molecular weight is 274 g/mol. The van der Waals surface area contributed by atoms with Gasteiger partial charge in [-0.25, -0.2) is 0 Å². The molecule has 0 bridgehead atoms. The first kappa shape index (κ1) is 14.6. The first-order chi connectivity index (χ1) is 9.52. The van der Waals surface area contributed by atoms with Crippen LogP contribution in [0, 0.1) is 12.8 Å². The quantitative estimate of drug-likeness (QED) is 0.911. The largest absolute Gasteiger partial charge is 0.345 e. The molecule has 1 aliphatic rings. The van der Waals surface area contributed by atoms with E-state index in [0.717, 1.165) is 17.5 Å². The molecule has 2 amide bonds. The Balaban J connectivity index is 2.24. The zero-order valence-electron chi connectivity index (χ0n) is 12.3. The summed E-state index contributed by atoms with van der Waals surface area (Å²) in [5.74, 6) is 0.118. The summed E-state index contributed by atoms with van der Waals surface area (Å²) in [6.07, 6.45) is 0.871. The lowest BCUT2D eigenvalue weighted by Crippen LogP contribution is -2.60. The summed E-state index contributed by atoms with van der Waals surface area (Å²) in [4.78, 5) is 26.0. The van der Waals surface area contributed by atoms with Gasteiger partial charge in [0.05, 0.1) is 6.54 Å². The van der Waals surface area contributed by atoms with E-state index in [9.17, 15) is 9.59 Å². The van der Waals surface area contributed by atoms with Crippen molar-refractivity contribution in [3.8, 4) is 0 Å². The summed E-state index contributed by atoms with van der Waals surface area (Å²) >= 11 is 0. The summed E-state index contributed by atoms with van der Waals surface area (Å²) in [6.45, 7) is 6.70. The molecule has 1 saturated heterocycles. The van der Waals surface area contributed by atoms with Crippen LogP contribution >= 0.6 is 0 Å². The molecule has 108 valence electrons. The van der Waals surface area contributed by atoms with Crippen molar-refractivity contribution in [3.05, 3.63) is 35.4 Å².